The third-order valence-electron chi connectivity index (χ3n) is 3.23. The Morgan fingerprint density at radius 1 is 0.960 bits per heavy atom. The highest BCUT2D eigenvalue weighted by molar-refractivity contribution is 7.89. The Morgan fingerprint density at radius 2 is 1.60 bits per heavy atom. The maximum Gasteiger partial charge on any atom is 0.323 e. The number of nitrogens with two attached hydrogens (primary N) is 1. The summed E-state index contributed by atoms with van der Waals surface area (Å²) < 4.78 is 22.7. The fourth-order valence-electron chi connectivity index (χ4n) is 2.07. The van der Waals surface area contributed by atoms with Crippen molar-refractivity contribution in [1.82, 2.24) is 0 Å². The lowest BCUT2D eigenvalue weighted by Crippen LogP contribution is -2.20. The zero-order valence-electron chi connectivity index (χ0n) is 13.7. The van der Waals surface area contributed by atoms with Crippen molar-refractivity contribution in [3.05, 3.63) is 48.0 Å². The van der Waals surface area contributed by atoms with E-state index >= 15 is 0 Å². The molecule has 0 aliphatic carbocycles. The maximum absolute atomic E-state index is 12.1. The molecule has 0 radical (unpaired) electrons. The van der Waals surface area contributed by atoms with Crippen molar-refractivity contribution in [3.63, 3.8) is 0 Å². The summed E-state index contributed by atoms with van der Waals surface area (Å²) in [5.41, 5.74) is 2.18. The average molecular weight is 362 g/mol. The molecule has 0 fully saturated rings. The lowest BCUT2D eigenvalue weighted by molar-refractivity contribution is -0.114. The number of amides is 3. The number of sulfonamides is 1. The molecule has 0 spiro atoms. The summed E-state index contributed by atoms with van der Waals surface area (Å²) in [7, 11) is -3.85. The molecular formula is C16H18N4O4S. The number of carbonyl (C=O) groups excluding carboxylic acids is 2. The molecule has 25 heavy (non-hydrogen) atoms. The molecule has 0 unspecified atom stereocenters. The van der Waals surface area contributed by atoms with Gasteiger partial charge in [-0.25, -0.2) is 18.4 Å². The number of urea groups is 1. The van der Waals surface area contributed by atoms with Crippen LogP contribution in [-0.4, -0.2) is 20.4 Å². The predicted molar refractivity (Wildman–Crippen MR) is 95.9 cm³/mol. The molecule has 5 N–H and O–H groups in total. The van der Waals surface area contributed by atoms with Gasteiger partial charge in [0.2, 0.25) is 15.9 Å². The number of primary sulfonamides is 1. The van der Waals surface area contributed by atoms with E-state index < -0.39 is 16.1 Å². The molecule has 0 aliphatic heterocycles. The second kappa shape index (κ2) is 7.32. The monoisotopic (exact) mass is 362 g/mol. The molecule has 0 atom stereocenters. The van der Waals surface area contributed by atoms with Crippen LogP contribution in [0.1, 0.15) is 12.5 Å². The van der Waals surface area contributed by atoms with Crippen LogP contribution in [0.4, 0.5) is 21.9 Å². The molecule has 0 bridgehead atoms. The number of carbonyl (C=O) groups is 2. The Bertz CT molecular complexity index is 925. The number of anilines is 3. The van der Waals surface area contributed by atoms with Crippen molar-refractivity contribution in [1.29, 1.82) is 0 Å². The zero-order chi connectivity index (χ0) is 18.6. The summed E-state index contributed by atoms with van der Waals surface area (Å²) in [6, 6.07) is 10.1. The lowest BCUT2D eigenvalue weighted by Gasteiger charge is -2.11. The molecular weight excluding hydrogens is 344 g/mol. The quantitative estimate of drug-likeness (QED) is 0.664. The number of hydrogen-bond acceptors (Lipinski definition) is 4. The van der Waals surface area contributed by atoms with Gasteiger partial charge in [0.1, 0.15) is 0 Å². The first-order valence-electron chi connectivity index (χ1n) is 7.24. The van der Waals surface area contributed by atoms with Gasteiger partial charge < -0.3 is 16.0 Å². The third-order valence-corrected chi connectivity index (χ3v) is 4.14. The average Bonchev–Trinajstić information content (AvgIpc) is 2.49. The maximum atomic E-state index is 12.1. The second-order valence-electron chi connectivity index (χ2n) is 5.36. The molecule has 132 valence electrons. The van der Waals surface area contributed by atoms with E-state index in [1.807, 2.05) is 6.92 Å². The van der Waals surface area contributed by atoms with Gasteiger partial charge in [-0.15, -0.1) is 0 Å². The smallest absolute Gasteiger partial charge is 0.323 e. The van der Waals surface area contributed by atoms with Crippen LogP contribution in [0.5, 0.6) is 0 Å². The van der Waals surface area contributed by atoms with Gasteiger partial charge in [0.15, 0.2) is 0 Å². The first kappa shape index (κ1) is 18.4. The number of benzene rings is 2. The Balaban J connectivity index is 2.12. The summed E-state index contributed by atoms with van der Waals surface area (Å²) in [5.74, 6) is -0.218. The third kappa shape index (κ3) is 5.30. The molecule has 0 saturated carbocycles. The molecule has 0 aromatic heterocycles. The van der Waals surface area contributed by atoms with Crippen LogP contribution in [0.2, 0.25) is 0 Å². The normalized spacial score (nSPS) is 10.8. The summed E-state index contributed by atoms with van der Waals surface area (Å²) in [4.78, 5) is 23.2. The Kier molecular flexibility index (Phi) is 5.40. The topological polar surface area (TPSA) is 130 Å². The van der Waals surface area contributed by atoms with E-state index in [-0.39, 0.29) is 16.5 Å². The van der Waals surface area contributed by atoms with E-state index in [1.165, 1.54) is 31.2 Å². The molecule has 2 aromatic carbocycles. The van der Waals surface area contributed by atoms with Crippen LogP contribution < -0.4 is 21.1 Å². The van der Waals surface area contributed by atoms with Crippen LogP contribution in [0.15, 0.2) is 47.4 Å². The van der Waals surface area contributed by atoms with Gasteiger partial charge in [0, 0.05) is 24.0 Å². The van der Waals surface area contributed by atoms with Crippen molar-refractivity contribution in [2.45, 2.75) is 18.7 Å². The van der Waals surface area contributed by atoms with Gasteiger partial charge >= 0.3 is 6.03 Å². The lowest BCUT2D eigenvalue weighted by atomic mass is 10.2. The van der Waals surface area contributed by atoms with Crippen LogP contribution in [-0.2, 0) is 14.8 Å². The summed E-state index contributed by atoms with van der Waals surface area (Å²) in [5, 5.41) is 12.9. The van der Waals surface area contributed by atoms with E-state index in [0.717, 1.165) is 5.56 Å². The van der Waals surface area contributed by atoms with Crippen LogP contribution in [0.3, 0.4) is 0 Å². The van der Waals surface area contributed by atoms with Gasteiger partial charge in [-0.1, -0.05) is 12.1 Å². The Morgan fingerprint density at radius 3 is 2.20 bits per heavy atom. The SMILES string of the molecule is CC(=O)Nc1cc(NC(=O)Nc2cccc(S(N)(=O)=O)c2)ccc1C. The molecule has 0 heterocycles. The molecule has 0 saturated heterocycles. The Hall–Kier alpha value is -2.91. The summed E-state index contributed by atoms with van der Waals surface area (Å²) >= 11 is 0. The summed E-state index contributed by atoms with van der Waals surface area (Å²) in [6.07, 6.45) is 0. The zero-order valence-corrected chi connectivity index (χ0v) is 14.5. The molecule has 2 aromatic rings. The van der Waals surface area contributed by atoms with Crippen LogP contribution >= 0.6 is 0 Å². The standard InChI is InChI=1S/C16H18N4O4S/c1-10-6-7-13(9-15(10)18-11(2)21)20-16(22)19-12-4-3-5-14(8-12)25(17,23)24/h3-9H,1-2H3,(H,18,21)(H2,17,23,24)(H2,19,20,22). The van der Waals surface area contributed by atoms with Gasteiger partial charge in [-0.3, -0.25) is 4.79 Å². The largest absolute Gasteiger partial charge is 0.326 e. The first-order valence-corrected chi connectivity index (χ1v) is 8.79. The van der Waals surface area contributed by atoms with E-state index in [2.05, 4.69) is 16.0 Å². The fraction of sp³-hybridized carbons (Fsp3) is 0.125. The van der Waals surface area contributed by atoms with Crippen molar-refractivity contribution >= 4 is 39.0 Å². The van der Waals surface area contributed by atoms with E-state index in [0.29, 0.717) is 11.4 Å². The van der Waals surface area contributed by atoms with Crippen molar-refractivity contribution in [2.24, 2.45) is 5.14 Å². The fourth-order valence-corrected chi connectivity index (χ4v) is 2.63. The highest BCUT2D eigenvalue weighted by atomic mass is 32.2. The van der Waals surface area contributed by atoms with E-state index in [4.69, 9.17) is 5.14 Å². The Labute approximate surface area is 145 Å². The van der Waals surface area contributed by atoms with Gasteiger partial charge in [0.05, 0.1) is 4.90 Å². The minimum absolute atomic E-state index is 0.103. The van der Waals surface area contributed by atoms with Crippen LogP contribution in [0, 0.1) is 6.92 Å². The highest BCUT2D eigenvalue weighted by Gasteiger charge is 2.10. The van der Waals surface area contributed by atoms with Gasteiger partial charge in [0.25, 0.3) is 0 Å². The number of aryl methyl sites for hydroxylation is 1. The van der Waals surface area contributed by atoms with Crippen molar-refractivity contribution in [2.75, 3.05) is 16.0 Å². The van der Waals surface area contributed by atoms with Crippen LogP contribution in [0.25, 0.3) is 0 Å². The van der Waals surface area contributed by atoms with Gasteiger partial charge in [-0.05, 0) is 42.8 Å². The van der Waals surface area contributed by atoms with E-state index in [1.54, 1.807) is 18.2 Å². The van der Waals surface area contributed by atoms with E-state index in [9.17, 15) is 18.0 Å². The molecule has 9 heteroatoms. The number of hydrogen-bond donors (Lipinski definition) is 4. The number of nitrogens with one attached hydrogen (secondary N) is 3. The minimum Gasteiger partial charge on any atom is -0.326 e. The summed E-state index contributed by atoms with van der Waals surface area (Å²) in [6.45, 7) is 3.22. The highest BCUT2D eigenvalue weighted by Crippen LogP contribution is 2.21. The second-order valence-corrected chi connectivity index (χ2v) is 6.92. The minimum atomic E-state index is -3.85. The van der Waals surface area contributed by atoms with Crippen molar-refractivity contribution < 1.29 is 18.0 Å². The molecule has 8 nitrogen and oxygen atoms in total. The molecule has 0 aliphatic rings. The molecule has 2 rings (SSSR count). The predicted octanol–water partition coefficient (Wildman–Crippen LogP) is 2.24. The molecule has 3 amide bonds. The van der Waals surface area contributed by atoms with Gasteiger partial charge in [-0.2, -0.15) is 0 Å². The number of rotatable bonds is 4. The first-order chi connectivity index (χ1) is 11.6. The van der Waals surface area contributed by atoms with Crippen molar-refractivity contribution in [3.8, 4) is 0 Å².